The molecule has 1 aromatic carbocycles. The summed E-state index contributed by atoms with van der Waals surface area (Å²) in [6, 6.07) is 9.30. The van der Waals surface area contributed by atoms with Crippen LogP contribution >= 0.6 is 11.6 Å². The fourth-order valence-electron chi connectivity index (χ4n) is 4.93. The van der Waals surface area contributed by atoms with E-state index in [-0.39, 0.29) is 42.4 Å². The second kappa shape index (κ2) is 7.21. The Morgan fingerprint density at radius 1 is 1.19 bits per heavy atom. The van der Waals surface area contributed by atoms with Gasteiger partial charge in [-0.25, -0.2) is 0 Å². The van der Waals surface area contributed by atoms with E-state index in [1.165, 1.54) is 0 Å². The van der Waals surface area contributed by atoms with Crippen LogP contribution in [0.15, 0.2) is 34.9 Å². The Kier molecular flexibility index (Phi) is 4.84. The summed E-state index contributed by atoms with van der Waals surface area (Å²) in [6.45, 7) is -0.165. The van der Waals surface area contributed by atoms with Gasteiger partial charge >= 0.3 is 6.36 Å². The molecule has 1 amide bonds. The van der Waals surface area contributed by atoms with Crippen LogP contribution in [0.2, 0.25) is 5.02 Å². The average Bonchev–Trinajstić information content (AvgIpc) is 3.08. The van der Waals surface area contributed by atoms with Crippen molar-refractivity contribution in [1.82, 2.24) is 10.5 Å². The van der Waals surface area contributed by atoms with E-state index in [0.29, 0.717) is 5.02 Å². The molecule has 1 aromatic heterocycles. The van der Waals surface area contributed by atoms with E-state index in [4.69, 9.17) is 20.9 Å². The van der Waals surface area contributed by atoms with E-state index in [0.717, 1.165) is 36.3 Å². The first kappa shape index (κ1) is 20.8. The summed E-state index contributed by atoms with van der Waals surface area (Å²) >= 11 is 5.92. The molecule has 0 radical (unpaired) electrons. The maximum absolute atomic E-state index is 12.2. The molecule has 0 spiro atoms. The molecule has 166 valence electrons. The SMILES string of the molecule is O=C(CO[C@H]1C[C@@H](OC(F)(F)F)C1)NC12CC(c3cc(-c4ccc(Cl)cc4)no3)(C1)C2. The minimum atomic E-state index is -4.63. The zero-order valence-electron chi connectivity index (χ0n) is 16.4. The van der Waals surface area contributed by atoms with Gasteiger partial charge in [0.2, 0.25) is 5.91 Å². The lowest BCUT2D eigenvalue weighted by Gasteiger charge is -2.69. The van der Waals surface area contributed by atoms with Crippen LogP contribution in [-0.4, -0.2) is 41.8 Å². The number of carbonyl (C=O) groups is 1. The van der Waals surface area contributed by atoms with Crippen molar-refractivity contribution >= 4 is 17.5 Å². The first-order chi connectivity index (χ1) is 14.6. The number of aromatic nitrogens is 1. The molecule has 10 heteroatoms. The second-order valence-electron chi connectivity index (χ2n) is 8.81. The van der Waals surface area contributed by atoms with Crippen molar-refractivity contribution < 1.29 is 32.0 Å². The normalized spacial score (nSPS) is 31.4. The van der Waals surface area contributed by atoms with Crippen LogP contribution in [0.1, 0.15) is 37.9 Å². The van der Waals surface area contributed by atoms with Crippen molar-refractivity contribution in [1.29, 1.82) is 0 Å². The van der Waals surface area contributed by atoms with E-state index >= 15 is 0 Å². The number of carbonyl (C=O) groups excluding carboxylic acids is 1. The van der Waals surface area contributed by atoms with Gasteiger partial charge in [0.1, 0.15) is 18.1 Å². The summed E-state index contributed by atoms with van der Waals surface area (Å²) in [4.78, 5) is 12.2. The van der Waals surface area contributed by atoms with Crippen LogP contribution in [-0.2, 0) is 19.7 Å². The molecule has 31 heavy (non-hydrogen) atoms. The average molecular weight is 457 g/mol. The standard InChI is InChI=1S/C21H20ClF3N2O4/c22-13-3-1-12(2-4-13)16-7-17(31-27-16)19-9-20(10-19,11-19)26-18(28)8-29-14-5-15(6-14)30-21(23,24)25/h1-4,7,14-15H,5-6,8-11H2,(H,26,28)/t14-,15+,19?,20?. The van der Waals surface area contributed by atoms with Gasteiger partial charge in [-0.3, -0.25) is 9.53 Å². The molecule has 2 aromatic rings. The van der Waals surface area contributed by atoms with Crippen molar-refractivity contribution in [2.75, 3.05) is 6.61 Å². The Hall–Kier alpha value is -2.10. The molecule has 6 nitrogen and oxygen atoms in total. The molecule has 4 fully saturated rings. The Labute approximate surface area is 181 Å². The molecule has 4 saturated carbocycles. The summed E-state index contributed by atoms with van der Waals surface area (Å²) in [5.74, 6) is 0.558. The maximum Gasteiger partial charge on any atom is 0.522 e. The lowest BCUT2D eigenvalue weighted by molar-refractivity contribution is -0.357. The monoisotopic (exact) mass is 456 g/mol. The molecule has 4 aliphatic rings. The van der Waals surface area contributed by atoms with Crippen LogP contribution < -0.4 is 5.32 Å². The van der Waals surface area contributed by atoms with Crippen molar-refractivity contribution in [2.45, 2.75) is 61.6 Å². The first-order valence-corrected chi connectivity index (χ1v) is 10.4. The van der Waals surface area contributed by atoms with E-state index in [1.54, 1.807) is 12.1 Å². The molecule has 0 saturated heterocycles. The van der Waals surface area contributed by atoms with Crippen LogP contribution in [0.4, 0.5) is 13.2 Å². The largest absolute Gasteiger partial charge is 0.522 e. The maximum atomic E-state index is 12.2. The second-order valence-corrected chi connectivity index (χ2v) is 9.25. The number of alkyl halides is 3. The third-order valence-electron chi connectivity index (χ3n) is 6.41. The summed E-state index contributed by atoms with van der Waals surface area (Å²) < 4.78 is 51.2. The van der Waals surface area contributed by atoms with E-state index in [2.05, 4.69) is 15.2 Å². The van der Waals surface area contributed by atoms with Gasteiger partial charge in [-0.05, 0) is 31.4 Å². The summed E-state index contributed by atoms with van der Waals surface area (Å²) in [7, 11) is 0. The highest BCUT2D eigenvalue weighted by molar-refractivity contribution is 6.30. The molecule has 2 bridgehead atoms. The minimum absolute atomic E-state index is 0.0953. The molecule has 0 aliphatic heterocycles. The van der Waals surface area contributed by atoms with Crippen molar-refractivity contribution in [3.63, 3.8) is 0 Å². The van der Waals surface area contributed by atoms with Gasteiger partial charge in [-0.1, -0.05) is 28.9 Å². The van der Waals surface area contributed by atoms with Gasteiger partial charge in [-0.2, -0.15) is 0 Å². The molecule has 1 heterocycles. The van der Waals surface area contributed by atoms with Gasteiger partial charge in [0.25, 0.3) is 0 Å². The number of rotatable bonds is 7. The smallest absolute Gasteiger partial charge is 0.368 e. The van der Waals surface area contributed by atoms with Crippen molar-refractivity contribution in [3.8, 4) is 11.3 Å². The highest BCUT2D eigenvalue weighted by Gasteiger charge is 2.71. The zero-order chi connectivity index (χ0) is 21.9. The number of halogens is 4. The number of ether oxygens (including phenoxy) is 2. The van der Waals surface area contributed by atoms with E-state index in [9.17, 15) is 18.0 Å². The highest BCUT2D eigenvalue weighted by Crippen LogP contribution is 2.68. The minimum Gasteiger partial charge on any atom is -0.368 e. The van der Waals surface area contributed by atoms with Crippen molar-refractivity contribution in [2.24, 2.45) is 0 Å². The van der Waals surface area contributed by atoms with Crippen molar-refractivity contribution in [3.05, 3.63) is 41.1 Å². The summed E-state index contributed by atoms with van der Waals surface area (Å²) in [5.41, 5.74) is 1.32. The van der Waals surface area contributed by atoms with Crippen LogP contribution in [0.25, 0.3) is 11.3 Å². The fourth-order valence-corrected chi connectivity index (χ4v) is 5.05. The number of amides is 1. The quantitative estimate of drug-likeness (QED) is 0.669. The van der Waals surface area contributed by atoms with Crippen LogP contribution in [0.3, 0.4) is 0 Å². The van der Waals surface area contributed by atoms with Gasteiger partial charge in [0.05, 0.1) is 12.2 Å². The Morgan fingerprint density at radius 3 is 2.52 bits per heavy atom. The summed E-state index contributed by atoms with van der Waals surface area (Å²) in [6.07, 6.45) is -3.30. The van der Waals surface area contributed by atoms with Crippen LogP contribution in [0.5, 0.6) is 0 Å². The van der Waals surface area contributed by atoms with E-state index in [1.807, 2.05) is 18.2 Å². The van der Waals surface area contributed by atoms with Gasteiger partial charge < -0.3 is 14.6 Å². The highest BCUT2D eigenvalue weighted by atomic mass is 35.5. The lowest BCUT2D eigenvalue weighted by Crippen LogP contribution is -2.76. The first-order valence-electron chi connectivity index (χ1n) is 10.0. The Morgan fingerprint density at radius 2 is 1.87 bits per heavy atom. The predicted octanol–water partition coefficient (Wildman–Crippen LogP) is 4.37. The number of benzene rings is 1. The third kappa shape index (κ3) is 4.06. The van der Waals surface area contributed by atoms with Gasteiger partial charge in [0, 0.05) is 40.4 Å². The molecule has 4 aliphatic carbocycles. The summed E-state index contributed by atoms with van der Waals surface area (Å²) in [5, 5.41) is 7.81. The Bertz CT molecular complexity index is 965. The molecule has 0 unspecified atom stereocenters. The number of hydrogen-bond donors (Lipinski definition) is 1. The van der Waals surface area contributed by atoms with Crippen LogP contribution in [0, 0.1) is 0 Å². The molecule has 0 atom stereocenters. The third-order valence-corrected chi connectivity index (χ3v) is 6.66. The molecule has 1 N–H and O–H groups in total. The van der Waals surface area contributed by atoms with Gasteiger partial charge in [-0.15, -0.1) is 13.2 Å². The van der Waals surface area contributed by atoms with Gasteiger partial charge in [0.15, 0.2) is 0 Å². The lowest BCUT2D eigenvalue weighted by atomic mass is 9.38. The molecule has 6 rings (SSSR count). The topological polar surface area (TPSA) is 73.6 Å². The number of nitrogens with one attached hydrogen (secondary N) is 1. The zero-order valence-corrected chi connectivity index (χ0v) is 17.1. The predicted molar refractivity (Wildman–Crippen MR) is 103 cm³/mol. The number of hydrogen-bond acceptors (Lipinski definition) is 5. The number of nitrogens with zero attached hydrogens (tertiary/aromatic N) is 1. The Balaban J connectivity index is 1.06. The van der Waals surface area contributed by atoms with E-state index < -0.39 is 12.5 Å². The fraction of sp³-hybridized carbons (Fsp3) is 0.524. The molecular weight excluding hydrogens is 437 g/mol. The molecular formula is C21H20ClF3N2O4.